The van der Waals surface area contributed by atoms with Crippen molar-refractivity contribution in [3.8, 4) is 5.75 Å². The van der Waals surface area contributed by atoms with Crippen molar-refractivity contribution in [1.82, 2.24) is 10.7 Å². The van der Waals surface area contributed by atoms with Gasteiger partial charge in [0.15, 0.2) is 6.61 Å². The summed E-state index contributed by atoms with van der Waals surface area (Å²) >= 11 is 0. The van der Waals surface area contributed by atoms with Gasteiger partial charge in [-0.25, -0.2) is 5.43 Å². The van der Waals surface area contributed by atoms with E-state index in [9.17, 15) is 14.4 Å². The van der Waals surface area contributed by atoms with Crippen LogP contribution in [0.4, 0.5) is 5.69 Å². The van der Waals surface area contributed by atoms with Crippen LogP contribution in [-0.4, -0.2) is 37.6 Å². The minimum Gasteiger partial charge on any atom is -0.484 e. The Labute approximate surface area is 150 Å². The first-order valence-electron chi connectivity index (χ1n) is 7.71. The lowest BCUT2D eigenvalue weighted by molar-refractivity contribution is -0.138. The number of carbonyl (C=O) groups is 3. The summed E-state index contributed by atoms with van der Waals surface area (Å²) in [6.45, 7) is -0.150. The van der Waals surface area contributed by atoms with Gasteiger partial charge in [0.05, 0.1) is 6.21 Å². The van der Waals surface area contributed by atoms with Gasteiger partial charge in [-0.05, 0) is 29.8 Å². The normalized spacial score (nSPS) is 10.2. The number of likely N-dealkylation sites (N-methyl/N-ethyl adjacent to an activating group) is 1. The number of benzene rings is 2. The molecule has 134 valence electrons. The zero-order valence-electron chi connectivity index (χ0n) is 14.1. The van der Waals surface area contributed by atoms with Gasteiger partial charge in [-0.15, -0.1) is 0 Å². The Kier molecular flexibility index (Phi) is 6.87. The average molecular weight is 354 g/mol. The van der Waals surface area contributed by atoms with E-state index in [1.54, 1.807) is 36.4 Å². The zero-order valence-corrected chi connectivity index (χ0v) is 14.1. The molecular formula is C18H18N4O4. The van der Waals surface area contributed by atoms with Gasteiger partial charge in [0.2, 0.25) is 0 Å². The van der Waals surface area contributed by atoms with Gasteiger partial charge < -0.3 is 15.4 Å². The monoisotopic (exact) mass is 354 g/mol. The van der Waals surface area contributed by atoms with Crippen molar-refractivity contribution in [3.05, 3.63) is 60.2 Å². The van der Waals surface area contributed by atoms with Crippen LogP contribution in [0.1, 0.15) is 5.56 Å². The Morgan fingerprint density at radius 1 is 1.04 bits per heavy atom. The van der Waals surface area contributed by atoms with E-state index in [0.717, 1.165) is 0 Å². The summed E-state index contributed by atoms with van der Waals surface area (Å²) in [6, 6.07) is 15.8. The molecular weight excluding hydrogens is 336 g/mol. The molecule has 26 heavy (non-hydrogen) atoms. The molecule has 0 atom stereocenters. The fraction of sp³-hybridized carbons (Fsp3) is 0.111. The van der Waals surface area contributed by atoms with Crippen molar-refractivity contribution in [1.29, 1.82) is 0 Å². The molecule has 2 rings (SSSR count). The van der Waals surface area contributed by atoms with Crippen molar-refractivity contribution in [2.24, 2.45) is 5.10 Å². The smallest absolute Gasteiger partial charge is 0.329 e. The maximum absolute atomic E-state index is 11.9. The lowest BCUT2D eigenvalue weighted by Crippen LogP contribution is -2.35. The number of amides is 3. The number of hydrogen-bond acceptors (Lipinski definition) is 5. The molecule has 8 nitrogen and oxygen atoms in total. The molecule has 3 N–H and O–H groups in total. The van der Waals surface area contributed by atoms with E-state index in [1.807, 2.05) is 18.2 Å². The first-order chi connectivity index (χ1) is 12.6. The molecule has 0 unspecified atom stereocenters. The molecule has 0 heterocycles. The number of ether oxygens (including phenoxy) is 1. The number of hydrogen-bond donors (Lipinski definition) is 3. The molecule has 0 aromatic heterocycles. The molecule has 0 aliphatic heterocycles. The molecule has 0 saturated heterocycles. The van der Waals surface area contributed by atoms with Gasteiger partial charge in [0.1, 0.15) is 5.75 Å². The summed E-state index contributed by atoms with van der Waals surface area (Å²) in [5.74, 6) is -1.47. The second-order valence-electron chi connectivity index (χ2n) is 5.05. The maximum Gasteiger partial charge on any atom is 0.329 e. The van der Waals surface area contributed by atoms with Crippen LogP contribution < -0.4 is 20.8 Å². The van der Waals surface area contributed by atoms with Crippen LogP contribution in [0.25, 0.3) is 0 Å². The number of para-hydroxylation sites is 1. The van der Waals surface area contributed by atoms with Gasteiger partial charge in [-0.2, -0.15) is 5.10 Å². The number of anilines is 1. The summed E-state index contributed by atoms with van der Waals surface area (Å²) in [4.78, 5) is 34.1. The Morgan fingerprint density at radius 2 is 1.81 bits per heavy atom. The Balaban J connectivity index is 1.85. The summed E-state index contributed by atoms with van der Waals surface area (Å²) in [6.07, 6.45) is 1.36. The van der Waals surface area contributed by atoms with E-state index in [0.29, 0.717) is 17.0 Å². The molecule has 2 aromatic rings. The Morgan fingerprint density at radius 3 is 2.54 bits per heavy atom. The van der Waals surface area contributed by atoms with Crippen molar-refractivity contribution in [2.75, 3.05) is 19.0 Å². The molecule has 0 aliphatic rings. The fourth-order valence-corrected chi connectivity index (χ4v) is 1.88. The number of carbonyl (C=O) groups excluding carboxylic acids is 3. The predicted molar refractivity (Wildman–Crippen MR) is 96.8 cm³/mol. The molecule has 0 radical (unpaired) electrons. The van der Waals surface area contributed by atoms with Crippen LogP contribution in [0.2, 0.25) is 0 Å². The van der Waals surface area contributed by atoms with E-state index in [1.165, 1.54) is 13.3 Å². The van der Waals surface area contributed by atoms with Crippen LogP contribution in [0.3, 0.4) is 0 Å². The zero-order chi connectivity index (χ0) is 18.8. The molecule has 0 fully saturated rings. The van der Waals surface area contributed by atoms with Gasteiger partial charge in [-0.1, -0.05) is 30.3 Å². The lowest BCUT2D eigenvalue weighted by atomic mass is 10.2. The molecule has 0 spiro atoms. The van der Waals surface area contributed by atoms with Crippen LogP contribution in [0.15, 0.2) is 59.7 Å². The van der Waals surface area contributed by atoms with E-state index in [4.69, 9.17) is 4.74 Å². The quantitative estimate of drug-likeness (QED) is 0.407. The SMILES string of the molecule is CNC(=O)C(=O)N/N=C\c1cccc(OCC(=O)Nc2ccccc2)c1. The van der Waals surface area contributed by atoms with Crippen LogP contribution in [-0.2, 0) is 14.4 Å². The summed E-state index contributed by atoms with van der Waals surface area (Å²) in [5, 5.41) is 8.58. The Bertz CT molecular complexity index is 806. The molecule has 8 heteroatoms. The fourth-order valence-electron chi connectivity index (χ4n) is 1.88. The molecule has 0 bridgehead atoms. The van der Waals surface area contributed by atoms with E-state index >= 15 is 0 Å². The van der Waals surface area contributed by atoms with Crippen LogP contribution in [0, 0.1) is 0 Å². The van der Waals surface area contributed by atoms with Crippen molar-refractivity contribution in [3.63, 3.8) is 0 Å². The predicted octanol–water partition coefficient (Wildman–Crippen LogP) is 0.900. The second-order valence-corrected chi connectivity index (χ2v) is 5.05. The first-order valence-corrected chi connectivity index (χ1v) is 7.71. The van der Waals surface area contributed by atoms with Gasteiger partial charge in [0.25, 0.3) is 5.91 Å². The number of nitrogens with zero attached hydrogens (tertiary/aromatic N) is 1. The highest BCUT2D eigenvalue weighted by atomic mass is 16.5. The first kappa shape index (κ1) is 18.7. The molecule has 0 aliphatic carbocycles. The van der Waals surface area contributed by atoms with Crippen LogP contribution >= 0.6 is 0 Å². The van der Waals surface area contributed by atoms with Gasteiger partial charge in [-0.3, -0.25) is 14.4 Å². The largest absolute Gasteiger partial charge is 0.484 e. The minimum atomic E-state index is -0.867. The molecule has 0 saturated carbocycles. The number of hydrazone groups is 1. The molecule has 3 amide bonds. The van der Waals surface area contributed by atoms with Crippen molar-refractivity contribution >= 4 is 29.6 Å². The van der Waals surface area contributed by atoms with E-state index < -0.39 is 11.8 Å². The highest BCUT2D eigenvalue weighted by Crippen LogP contribution is 2.12. The lowest BCUT2D eigenvalue weighted by Gasteiger charge is -2.08. The van der Waals surface area contributed by atoms with E-state index in [2.05, 4.69) is 21.2 Å². The average Bonchev–Trinajstić information content (AvgIpc) is 2.67. The summed E-state index contributed by atoms with van der Waals surface area (Å²) in [5.41, 5.74) is 3.41. The third-order valence-electron chi connectivity index (χ3n) is 3.10. The second kappa shape index (κ2) is 9.58. The summed E-state index contributed by atoms with van der Waals surface area (Å²) in [7, 11) is 1.35. The number of nitrogens with one attached hydrogen (secondary N) is 3. The topological polar surface area (TPSA) is 109 Å². The minimum absolute atomic E-state index is 0.150. The van der Waals surface area contributed by atoms with Crippen LogP contribution in [0.5, 0.6) is 5.75 Å². The number of rotatable bonds is 6. The van der Waals surface area contributed by atoms with Gasteiger partial charge in [0, 0.05) is 12.7 Å². The third kappa shape index (κ3) is 6.08. The third-order valence-corrected chi connectivity index (χ3v) is 3.10. The van der Waals surface area contributed by atoms with Crippen molar-refractivity contribution in [2.45, 2.75) is 0 Å². The maximum atomic E-state index is 11.9. The highest BCUT2D eigenvalue weighted by Gasteiger charge is 2.08. The highest BCUT2D eigenvalue weighted by molar-refractivity contribution is 6.34. The summed E-state index contributed by atoms with van der Waals surface area (Å²) < 4.78 is 5.44. The van der Waals surface area contributed by atoms with Crippen molar-refractivity contribution < 1.29 is 19.1 Å². The Hall–Kier alpha value is -3.68. The van der Waals surface area contributed by atoms with Gasteiger partial charge >= 0.3 is 11.8 Å². The van der Waals surface area contributed by atoms with E-state index in [-0.39, 0.29) is 12.5 Å². The standard InChI is InChI=1S/C18H18N4O4/c1-19-17(24)18(25)22-20-11-13-6-5-9-15(10-13)26-12-16(23)21-14-7-3-2-4-8-14/h2-11H,12H2,1H3,(H,19,24)(H,21,23)(H,22,25)/b20-11-. The molecule has 2 aromatic carbocycles.